The minimum Gasteiger partial charge on any atom is -0.507 e. The molecule has 0 saturated heterocycles. The van der Waals surface area contributed by atoms with Gasteiger partial charge in [0, 0.05) is 18.3 Å². The largest absolute Gasteiger partial charge is 0.507 e. The minimum atomic E-state index is -1.21. The third-order valence-corrected chi connectivity index (χ3v) is 4.20. The van der Waals surface area contributed by atoms with E-state index in [0.29, 0.717) is 18.2 Å². The van der Waals surface area contributed by atoms with Crippen LogP contribution in [0.3, 0.4) is 0 Å². The maximum Gasteiger partial charge on any atom is 0.339 e. The van der Waals surface area contributed by atoms with Crippen molar-refractivity contribution in [3.8, 4) is 5.75 Å². The fourth-order valence-corrected chi connectivity index (χ4v) is 2.34. The quantitative estimate of drug-likeness (QED) is 0.670. The van der Waals surface area contributed by atoms with Crippen LogP contribution < -0.4 is 10.6 Å². The minimum absolute atomic E-state index is 0.197. The van der Waals surface area contributed by atoms with Crippen molar-refractivity contribution in [3.05, 3.63) is 23.8 Å². The van der Waals surface area contributed by atoms with Gasteiger partial charge in [-0.15, -0.1) is 0 Å². The number of rotatable bonds is 5. The number of carboxylic acids is 1. The molecule has 0 radical (unpaired) electrons. The molecule has 4 N–H and O–H groups in total. The fraction of sp³-hybridized carbons (Fsp3) is 0.467. The van der Waals surface area contributed by atoms with Gasteiger partial charge >= 0.3 is 12.0 Å². The molecule has 2 amide bonds. The average molecular weight is 292 g/mol. The molecule has 1 aromatic carbocycles. The van der Waals surface area contributed by atoms with Crippen molar-refractivity contribution in [1.29, 1.82) is 0 Å². The second-order valence-electron chi connectivity index (χ2n) is 5.86. The lowest BCUT2D eigenvalue weighted by Crippen LogP contribution is -2.35. The van der Waals surface area contributed by atoms with E-state index in [4.69, 9.17) is 5.11 Å². The number of phenols is 1. The monoisotopic (exact) mass is 292 g/mol. The Kier molecular flexibility index (Phi) is 4.06. The summed E-state index contributed by atoms with van der Waals surface area (Å²) in [6.07, 6.45) is 2.25. The van der Waals surface area contributed by atoms with Crippen LogP contribution >= 0.6 is 0 Å². The van der Waals surface area contributed by atoms with Crippen LogP contribution in [-0.4, -0.2) is 28.8 Å². The first-order valence-electron chi connectivity index (χ1n) is 6.95. The Morgan fingerprint density at radius 2 is 2.00 bits per heavy atom. The Morgan fingerprint density at radius 3 is 2.48 bits per heavy atom. The molecule has 1 saturated carbocycles. The van der Waals surface area contributed by atoms with Crippen LogP contribution in [0.5, 0.6) is 5.75 Å². The normalized spacial score (nSPS) is 15.6. The van der Waals surface area contributed by atoms with E-state index in [9.17, 15) is 14.7 Å². The Bertz CT molecular complexity index is 565. The highest BCUT2D eigenvalue weighted by Gasteiger charge is 2.45. The Balaban J connectivity index is 1.91. The van der Waals surface area contributed by atoms with Gasteiger partial charge in [-0.1, -0.05) is 13.8 Å². The molecule has 0 atom stereocenters. The zero-order valence-corrected chi connectivity index (χ0v) is 12.1. The highest BCUT2D eigenvalue weighted by atomic mass is 16.4. The Hall–Kier alpha value is -2.24. The molecule has 0 heterocycles. The number of carbonyl (C=O) groups excluding carboxylic acids is 1. The molecule has 1 aliphatic carbocycles. The lowest BCUT2D eigenvalue weighted by Gasteiger charge is -2.20. The van der Waals surface area contributed by atoms with E-state index in [2.05, 4.69) is 24.5 Å². The van der Waals surface area contributed by atoms with Gasteiger partial charge in [0.15, 0.2) is 0 Å². The summed E-state index contributed by atoms with van der Waals surface area (Å²) in [5, 5.41) is 23.8. The Labute approximate surface area is 123 Å². The number of anilines is 1. The molecule has 0 aromatic heterocycles. The molecular formula is C15H20N2O4. The second kappa shape index (κ2) is 5.63. The molecule has 2 rings (SSSR count). The number of nitrogens with one attached hydrogen (secondary N) is 2. The Morgan fingerprint density at radius 1 is 1.33 bits per heavy atom. The van der Waals surface area contributed by atoms with E-state index < -0.39 is 5.97 Å². The van der Waals surface area contributed by atoms with Gasteiger partial charge in [0.05, 0.1) is 0 Å². The van der Waals surface area contributed by atoms with E-state index >= 15 is 0 Å². The summed E-state index contributed by atoms with van der Waals surface area (Å²) in [5.41, 5.74) is 0.370. The maximum absolute atomic E-state index is 11.8. The summed E-state index contributed by atoms with van der Waals surface area (Å²) in [4.78, 5) is 22.6. The molecule has 6 nitrogen and oxygen atoms in total. The second-order valence-corrected chi connectivity index (χ2v) is 5.86. The molecule has 1 aliphatic rings. The molecule has 114 valence electrons. The fourth-order valence-electron chi connectivity index (χ4n) is 2.34. The van der Waals surface area contributed by atoms with E-state index in [0.717, 1.165) is 12.8 Å². The molecule has 0 unspecified atom stereocenters. The number of amides is 2. The smallest absolute Gasteiger partial charge is 0.339 e. The third-order valence-electron chi connectivity index (χ3n) is 4.20. The highest BCUT2D eigenvalue weighted by Crippen LogP contribution is 2.51. The van der Waals surface area contributed by atoms with Crippen molar-refractivity contribution in [2.24, 2.45) is 11.3 Å². The lowest BCUT2D eigenvalue weighted by molar-refractivity contribution is 0.0694. The number of carboxylic acid groups (broad SMARTS) is 1. The summed E-state index contributed by atoms with van der Waals surface area (Å²) >= 11 is 0. The topological polar surface area (TPSA) is 98.7 Å². The van der Waals surface area contributed by atoms with Crippen LogP contribution in [0.1, 0.15) is 37.0 Å². The van der Waals surface area contributed by atoms with Gasteiger partial charge in [0.25, 0.3) is 0 Å². The first-order valence-corrected chi connectivity index (χ1v) is 6.95. The van der Waals surface area contributed by atoms with Crippen LogP contribution in [0.2, 0.25) is 0 Å². The molecule has 0 aliphatic heterocycles. The van der Waals surface area contributed by atoms with Crippen LogP contribution in [-0.2, 0) is 0 Å². The van der Waals surface area contributed by atoms with Crippen molar-refractivity contribution >= 4 is 17.7 Å². The highest BCUT2D eigenvalue weighted by molar-refractivity contribution is 5.93. The van der Waals surface area contributed by atoms with E-state index in [1.807, 2.05) is 0 Å². The summed E-state index contributed by atoms with van der Waals surface area (Å²) in [6.45, 7) is 4.92. The molecule has 0 spiro atoms. The summed E-state index contributed by atoms with van der Waals surface area (Å²) < 4.78 is 0. The van der Waals surface area contributed by atoms with Crippen molar-refractivity contribution < 1.29 is 19.8 Å². The van der Waals surface area contributed by atoms with Crippen LogP contribution in [0, 0.1) is 11.3 Å². The zero-order valence-electron chi connectivity index (χ0n) is 12.1. The van der Waals surface area contributed by atoms with E-state index in [1.54, 1.807) is 0 Å². The summed E-state index contributed by atoms with van der Waals surface area (Å²) in [5.74, 6) is -1.06. The molecule has 1 aromatic rings. The predicted octanol–water partition coefficient (Wildman–Crippen LogP) is 2.65. The van der Waals surface area contributed by atoms with Crippen LogP contribution in [0.15, 0.2) is 18.2 Å². The number of urea groups is 1. The number of benzene rings is 1. The van der Waals surface area contributed by atoms with Gasteiger partial charge in [-0.25, -0.2) is 9.59 Å². The van der Waals surface area contributed by atoms with Gasteiger partial charge in [0.2, 0.25) is 0 Å². The maximum atomic E-state index is 11.8. The van der Waals surface area contributed by atoms with Gasteiger partial charge < -0.3 is 20.8 Å². The molecular weight excluding hydrogens is 272 g/mol. The van der Waals surface area contributed by atoms with Crippen LogP contribution in [0.4, 0.5) is 10.5 Å². The first kappa shape index (κ1) is 15.2. The average Bonchev–Trinajstić information content (AvgIpc) is 3.17. The first-order chi connectivity index (χ1) is 9.84. The SMILES string of the molecule is CC(C)C1(CNC(=O)Nc2ccc(C(=O)O)c(O)c2)CC1. The van der Waals surface area contributed by atoms with Gasteiger partial charge in [-0.2, -0.15) is 0 Å². The molecule has 1 fully saturated rings. The number of hydrogen-bond donors (Lipinski definition) is 4. The number of aromatic hydroxyl groups is 1. The van der Waals surface area contributed by atoms with Crippen molar-refractivity contribution in [2.75, 3.05) is 11.9 Å². The van der Waals surface area contributed by atoms with E-state index in [-0.39, 0.29) is 22.8 Å². The van der Waals surface area contributed by atoms with Crippen molar-refractivity contribution in [1.82, 2.24) is 5.32 Å². The summed E-state index contributed by atoms with van der Waals surface area (Å²) in [6, 6.07) is 3.56. The third kappa shape index (κ3) is 3.45. The van der Waals surface area contributed by atoms with Gasteiger partial charge in [0.1, 0.15) is 11.3 Å². The van der Waals surface area contributed by atoms with Crippen LogP contribution in [0.25, 0.3) is 0 Å². The predicted molar refractivity (Wildman–Crippen MR) is 78.6 cm³/mol. The van der Waals surface area contributed by atoms with Crippen molar-refractivity contribution in [3.63, 3.8) is 0 Å². The summed E-state index contributed by atoms with van der Waals surface area (Å²) in [7, 11) is 0. The van der Waals surface area contributed by atoms with E-state index in [1.165, 1.54) is 18.2 Å². The standard InChI is InChI=1S/C15H20N2O4/c1-9(2)15(5-6-15)8-16-14(21)17-10-3-4-11(13(19)20)12(18)7-10/h3-4,7,9,18H,5-6,8H2,1-2H3,(H,19,20)(H2,16,17,21). The number of carbonyl (C=O) groups is 2. The number of aromatic carboxylic acids is 1. The lowest BCUT2D eigenvalue weighted by atomic mass is 9.92. The van der Waals surface area contributed by atoms with Crippen molar-refractivity contribution in [2.45, 2.75) is 26.7 Å². The van der Waals surface area contributed by atoms with Gasteiger partial charge in [-0.3, -0.25) is 0 Å². The molecule has 0 bridgehead atoms. The molecule has 21 heavy (non-hydrogen) atoms. The molecule has 6 heteroatoms. The number of hydrogen-bond acceptors (Lipinski definition) is 3. The van der Waals surface area contributed by atoms with Gasteiger partial charge in [-0.05, 0) is 36.3 Å². The zero-order chi connectivity index (χ0) is 15.6.